The van der Waals surface area contributed by atoms with Gasteiger partial charge in [-0.2, -0.15) is 0 Å². The van der Waals surface area contributed by atoms with Gasteiger partial charge < -0.3 is 24.9 Å². The van der Waals surface area contributed by atoms with Gasteiger partial charge in [-0.1, -0.05) is 30.7 Å². The number of pyridine rings is 3. The first-order valence-corrected chi connectivity index (χ1v) is 13.4. The maximum Gasteiger partial charge on any atom is 0.358 e. The van der Waals surface area contributed by atoms with Gasteiger partial charge >= 0.3 is 5.97 Å². The molecule has 3 heterocycles. The zero-order chi connectivity index (χ0) is 29.0. The number of nitrogens with zero attached hydrogens (tertiary/aromatic N) is 3. The van der Waals surface area contributed by atoms with E-state index in [1.54, 1.807) is 24.5 Å². The number of aliphatic hydroxyl groups is 1. The average Bonchev–Trinajstić information content (AvgIpc) is 3.05. The van der Waals surface area contributed by atoms with Crippen molar-refractivity contribution in [2.24, 2.45) is 0 Å². The van der Waals surface area contributed by atoms with Crippen LogP contribution in [0.15, 0.2) is 116 Å². The summed E-state index contributed by atoms with van der Waals surface area (Å²) in [6.07, 6.45) is 8.56. The first-order valence-electron chi connectivity index (χ1n) is 13.4. The van der Waals surface area contributed by atoms with E-state index in [1.807, 2.05) is 84.9 Å². The Kier molecular flexibility index (Phi) is 16.7. The molecule has 2 N–H and O–H groups in total. The van der Waals surface area contributed by atoms with E-state index in [0.29, 0.717) is 12.4 Å². The van der Waals surface area contributed by atoms with Crippen LogP contribution in [0, 0.1) is 12.1 Å². The van der Waals surface area contributed by atoms with Gasteiger partial charge in [-0.15, -0.1) is 71.8 Å². The number of hydrogen-bond acceptors (Lipinski definition) is 6. The fourth-order valence-corrected chi connectivity index (χ4v) is 3.57. The zero-order valence-electron chi connectivity index (χ0n) is 23.1. The van der Waals surface area contributed by atoms with Crippen molar-refractivity contribution in [1.82, 2.24) is 15.0 Å². The van der Waals surface area contributed by atoms with Crippen molar-refractivity contribution < 1.29 is 39.8 Å². The van der Waals surface area contributed by atoms with Crippen molar-refractivity contribution >= 4 is 5.97 Å². The van der Waals surface area contributed by atoms with Gasteiger partial charge in [0.15, 0.2) is 11.4 Å². The van der Waals surface area contributed by atoms with Crippen LogP contribution in [0.1, 0.15) is 36.2 Å². The van der Waals surface area contributed by atoms with Crippen LogP contribution >= 0.6 is 0 Å². The summed E-state index contributed by atoms with van der Waals surface area (Å²) in [5, 5.41) is 17.5. The Morgan fingerprint density at radius 3 is 1.69 bits per heavy atom. The van der Waals surface area contributed by atoms with Gasteiger partial charge in [-0.3, -0.25) is 0 Å². The van der Waals surface area contributed by atoms with Crippen LogP contribution in [0.3, 0.4) is 0 Å². The van der Waals surface area contributed by atoms with E-state index in [9.17, 15) is 4.79 Å². The Hall–Kier alpha value is -4.23. The number of carboxylic acid groups (broad SMARTS) is 1. The van der Waals surface area contributed by atoms with Gasteiger partial charge in [-0.05, 0) is 54.9 Å². The number of aromatic carboxylic acids is 1. The second kappa shape index (κ2) is 20.6. The first kappa shape index (κ1) is 34.0. The number of carbonyl (C=O) groups is 1. The molecule has 0 spiro atoms. The van der Waals surface area contributed by atoms with Crippen LogP contribution in [0.4, 0.5) is 0 Å². The largest absolute Gasteiger partial charge is 0.491 e. The number of carboxylic acids is 1. The summed E-state index contributed by atoms with van der Waals surface area (Å²) in [4.78, 5) is 23.0. The number of hydrogen-bond donors (Lipinski definition) is 2. The van der Waals surface area contributed by atoms with Crippen molar-refractivity contribution in [3.8, 4) is 28.3 Å². The molecule has 0 saturated heterocycles. The van der Waals surface area contributed by atoms with Gasteiger partial charge in [0.05, 0.1) is 6.61 Å². The third-order valence-electron chi connectivity index (χ3n) is 5.58. The SMILES string of the molecule is O=C(O)c1ncccc1OCCCCCCO.[Ir].[c-]1ccccc1-c1ccccn1.[c-]1ccccc1-c1ccccn1. The van der Waals surface area contributed by atoms with Crippen molar-refractivity contribution in [3.05, 3.63) is 133 Å². The minimum atomic E-state index is -1.08. The van der Waals surface area contributed by atoms with Gasteiger partial charge in [-0.25, -0.2) is 9.78 Å². The molecule has 0 bridgehead atoms. The third-order valence-corrected chi connectivity index (χ3v) is 5.58. The van der Waals surface area contributed by atoms with Crippen LogP contribution < -0.4 is 4.74 Å². The summed E-state index contributed by atoms with van der Waals surface area (Å²) < 4.78 is 5.37. The quantitative estimate of drug-likeness (QED) is 0.120. The second-order valence-corrected chi connectivity index (χ2v) is 8.62. The summed E-state index contributed by atoms with van der Waals surface area (Å²) in [7, 11) is 0. The minimum Gasteiger partial charge on any atom is -0.491 e. The predicted octanol–water partition coefficient (Wildman–Crippen LogP) is 6.81. The molecular weight excluding hydrogens is 707 g/mol. The fraction of sp³-hybridized carbons (Fsp3) is 0.176. The second-order valence-electron chi connectivity index (χ2n) is 8.62. The molecule has 5 rings (SSSR count). The van der Waals surface area contributed by atoms with Crippen LogP contribution in [0.2, 0.25) is 0 Å². The van der Waals surface area contributed by atoms with Crippen LogP contribution in [-0.4, -0.2) is 44.3 Å². The Morgan fingerprint density at radius 1 is 0.667 bits per heavy atom. The standard InChI is InChI=1S/C12H17NO4.2C11H8N.Ir/c14-8-3-1-2-4-9-17-10-6-5-7-13-11(10)12(15)16;2*1-2-6-10(7-3-1)11-8-4-5-9-12-11;/h5-7,14H,1-4,8-9H2,(H,15,16);2*1-6,8-9H;/q;2*-1;. The maximum absolute atomic E-state index is 10.8. The van der Waals surface area contributed by atoms with E-state index in [2.05, 4.69) is 27.1 Å². The molecule has 7 nitrogen and oxygen atoms in total. The van der Waals surface area contributed by atoms with Gasteiger partial charge in [0.1, 0.15) is 0 Å². The Morgan fingerprint density at radius 2 is 1.21 bits per heavy atom. The number of ether oxygens (including phenoxy) is 1. The molecule has 3 aromatic heterocycles. The smallest absolute Gasteiger partial charge is 0.358 e. The number of rotatable bonds is 10. The van der Waals surface area contributed by atoms with Crippen LogP contribution in [0.5, 0.6) is 5.75 Å². The Bertz CT molecular complexity index is 1240. The van der Waals surface area contributed by atoms with Crippen molar-refractivity contribution in [2.45, 2.75) is 25.7 Å². The van der Waals surface area contributed by atoms with E-state index < -0.39 is 5.97 Å². The van der Waals surface area contributed by atoms with E-state index in [1.165, 1.54) is 6.20 Å². The number of aliphatic hydroxyl groups excluding tert-OH is 1. The third kappa shape index (κ3) is 12.5. The summed E-state index contributed by atoms with van der Waals surface area (Å²) >= 11 is 0. The van der Waals surface area contributed by atoms with Crippen LogP contribution in [0.25, 0.3) is 22.5 Å². The molecule has 0 aliphatic rings. The van der Waals surface area contributed by atoms with Gasteiger partial charge in [0, 0.05) is 45.3 Å². The minimum absolute atomic E-state index is 0. The van der Waals surface area contributed by atoms with E-state index in [-0.39, 0.29) is 32.4 Å². The summed E-state index contributed by atoms with van der Waals surface area (Å²) in [6.45, 7) is 0.685. The molecule has 0 amide bonds. The molecule has 0 atom stereocenters. The molecule has 8 heteroatoms. The molecule has 219 valence electrons. The van der Waals surface area contributed by atoms with E-state index in [0.717, 1.165) is 48.2 Å². The monoisotopic (exact) mass is 740 g/mol. The molecular formula is C34H33IrN3O4-2. The van der Waals surface area contributed by atoms with Crippen molar-refractivity contribution in [2.75, 3.05) is 13.2 Å². The summed E-state index contributed by atoms with van der Waals surface area (Å²) in [5.74, 6) is -0.775. The van der Waals surface area contributed by atoms with E-state index >= 15 is 0 Å². The number of benzene rings is 2. The first-order chi connectivity index (χ1) is 20.2. The van der Waals surface area contributed by atoms with Gasteiger partial charge in [0.25, 0.3) is 0 Å². The molecule has 0 saturated carbocycles. The van der Waals surface area contributed by atoms with Crippen molar-refractivity contribution in [3.63, 3.8) is 0 Å². The van der Waals surface area contributed by atoms with E-state index in [4.69, 9.17) is 14.9 Å². The van der Waals surface area contributed by atoms with Crippen molar-refractivity contribution in [1.29, 1.82) is 0 Å². The molecule has 42 heavy (non-hydrogen) atoms. The average molecular weight is 740 g/mol. The molecule has 2 aromatic carbocycles. The maximum atomic E-state index is 10.8. The Balaban J connectivity index is 0.000000222. The normalized spacial score (nSPS) is 9.64. The van der Waals surface area contributed by atoms with Gasteiger partial charge in [0.2, 0.25) is 0 Å². The Labute approximate surface area is 260 Å². The molecule has 0 fully saturated rings. The fourth-order valence-electron chi connectivity index (χ4n) is 3.57. The molecule has 0 aliphatic carbocycles. The molecule has 1 radical (unpaired) electrons. The predicted molar refractivity (Wildman–Crippen MR) is 159 cm³/mol. The molecule has 0 aliphatic heterocycles. The number of unbranched alkanes of at least 4 members (excludes halogenated alkanes) is 3. The summed E-state index contributed by atoms with van der Waals surface area (Å²) in [5.41, 5.74) is 3.97. The summed E-state index contributed by atoms with van der Waals surface area (Å²) in [6, 6.07) is 36.9. The zero-order valence-corrected chi connectivity index (χ0v) is 25.5. The molecule has 5 aromatic rings. The molecule has 0 unspecified atom stereocenters. The topological polar surface area (TPSA) is 105 Å². The number of aromatic nitrogens is 3. The van der Waals surface area contributed by atoms with Crippen LogP contribution in [-0.2, 0) is 20.1 Å².